The summed E-state index contributed by atoms with van der Waals surface area (Å²) in [5.74, 6) is -3.10. The zero-order valence-corrected chi connectivity index (χ0v) is 12.9. The summed E-state index contributed by atoms with van der Waals surface area (Å²) in [6, 6.07) is 7.23. The first-order valence-electron chi connectivity index (χ1n) is 6.42. The van der Waals surface area contributed by atoms with Gasteiger partial charge in [0.1, 0.15) is 17.2 Å². The van der Waals surface area contributed by atoms with Crippen LogP contribution >= 0.6 is 15.9 Å². The minimum absolute atomic E-state index is 0.145. The van der Waals surface area contributed by atoms with Crippen LogP contribution < -0.4 is 5.43 Å². The lowest BCUT2D eigenvalue weighted by molar-refractivity contribution is 0.0696. The number of aromatic nitrogens is 1. The Bertz CT molecular complexity index is 1010. The number of pyridine rings is 1. The lowest BCUT2D eigenvalue weighted by Crippen LogP contribution is -2.18. The molecule has 0 fully saturated rings. The van der Waals surface area contributed by atoms with E-state index < -0.39 is 28.6 Å². The highest BCUT2D eigenvalue weighted by Crippen LogP contribution is 2.27. The Balaban J connectivity index is 2.48. The molecule has 0 saturated heterocycles. The van der Waals surface area contributed by atoms with Crippen molar-refractivity contribution in [2.75, 3.05) is 0 Å². The summed E-state index contributed by atoms with van der Waals surface area (Å²) in [7, 11) is 0. The number of aromatic amines is 1. The van der Waals surface area contributed by atoms with Crippen LogP contribution in [0, 0.1) is 11.6 Å². The molecule has 2 aromatic carbocycles. The molecule has 2 N–H and O–H groups in total. The van der Waals surface area contributed by atoms with E-state index in [0.29, 0.717) is 9.99 Å². The molecule has 0 aliphatic rings. The zero-order chi connectivity index (χ0) is 16.7. The minimum Gasteiger partial charge on any atom is -0.477 e. The van der Waals surface area contributed by atoms with Crippen LogP contribution in [-0.2, 0) is 0 Å². The third kappa shape index (κ3) is 2.63. The fourth-order valence-electron chi connectivity index (χ4n) is 2.36. The second-order valence-electron chi connectivity index (χ2n) is 4.82. The van der Waals surface area contributed by atoms with Gasteiger partial charge in [-0.05, 0) is 36.4 Å². The Morgan fingerprint density at radius 3 is 2.57 bits per heavy atom. The summed E-state index contributed by atoms with van der Waals surface area (Å²) in [6.45, 7) is 0. The van der Waals surface area contributed by atoms with Crippen molar-refractivity contribution in [2.45, 2.75) is 0 Å². The van der Waals surface area contributed by atoms with Crippen molar-refractivity contribution in [1.29, 1.82) is 0 Å². The lowest BCUT2D eigenvalue weighted by Gasteiger charge is -2.10. The van der Waals surface area contributed by atoms with Gasteiger partial charge in [0, 0.05) is 15.4 Å². The molecule has 0 radical (unpaired) electrons. The SMILES string of the molecule is O=C(O)c1c(-c2cc(F)ccc2F)[nH]c2cc(Br)ccc2c1=O. The van der Waals surface area contributed by atoms with E-state index in [1.165, 1.54) is 6.07 Å². The molecule has 23 heavy (non-hydrogen) atoms. The molecule has 7 heteroatoms. The first kappa shape index (κ1) is 15.4. The van der Waals surface area contributed by atoms with E-state index in [0.717, 1.165) is 18.2 Å². The molecule has 0 unspecified atom stereocenters. The van der Waals surface area contributed by atoms with Crippen molar-refractivity contribution in [3.05, 3.63) is 68.3 Å². The molecule has 0 amide bonds. The number of carbonyl (C=O) groups is 1. The highest BCUT2D eigenvalue weighted by molar-refractivity contribution is 9.10. The van der Waals surface area contributed by atoms with Gasteiger partial charge in [0.2, 0.25) is 5.43 Å². The van der Waals surface area contributed by atoms with Crippen molar-refractivity contribution in [1.82, 2.24) is 4.98 Å². The van der Waals surface area contributed by atoms with Crippen LogP contribution in [0.1, 0.15) is 10.4 Å². The Kier molecular flexibility index (Phi) is 3.73. The van der Waals surface area contributed by atoms with Crippen molar-refractivity contribution in [3.63, 3.8) is 0 Å². The monoisotopic (exact) mass is 379 g/mol. The number of fused-ring (bicyclic) bond motifs is 1. The van der Waals surface area contributed by atoms with E-state index in [-0.39, 0.29) is 16.6 Å². The Labute approximate surface area is 136 Å². The molecule has 4 nitrogen and oxygen atoms in total. The maximum Gasteiger partial charge on any atom is 0.341 e. The normalized spacial score (nSPS) is 10.9. The molecule has 3 aromatic rings. The molecule has 3 rings (SSSR count). The summed E-state index contributed by atoms with van der Waals surface area (Å²) < 4.78 is 28.1. The molecule has 0 aliphatic carbocycles. The van der Waals surface area contributed by atoms with E-state index in [2.05, 4.69) is 20.9 Å². The average Bonchev–Trinajstić information content (AvgIpc) is 2.48. The van der Waals surface area contributed by atoms with Crippen LogP contribution in [0.15, 0.2) is 45.7 Å². The molecule has 0 saturated carbocycles. The van der Waals surface area contributed by atoms with Crippen LogP contribution in [0.3, 0.4) is 0 Å². The number of hydrogen-bond acceptors (Lipinski definition) is 2. The number of rotatable bonds is 2. The van der Waals surface area contributed by atoms with Gasteiger partial charge in [-0.3, -0.25) is 4.79 Å². The van der Waals surface area contributed by atoms with Gasteiger partial charge < -0.3 is 10.1 Å². The molecule has 0 aliphatic heterocycles. The highest BCUT2D eigenvalue weighted by atomic mass is 79.9. The van der Waals surface area contributed by atoms with Crippen molar-refractivity contribution >= 4 is 32.8 Å². The highest BCUT2D eigenvalue weighted by Gasteiger charge is 2.22. The summed E-state index contributed by atoms with van der Waals surface area (Å²) in [5.41, 5.74) is -1.68. The predicted molar refractivity (Wildman–Crippen MR) is 84.6 cm³/mol. The van der Waals surface area contributed by atoms with Crippen LogP contribution in [-0.4, -0.2) is 16.1 Å². The topological polar surface area (TPSA) is 70.2 Å². The summed E-state index contributed by atoms with van der Waals surface area (Å²) in [5, 5.41) is 9.48. The Hall–Kier alpha value is -2.54. The molecule has 1 heterocycles. The largest absolute Gasteiger partial charge is 0.477 e. The molecule has 0 spiro atoms. The summed E-state index contributed by atoms with van der Waals surface area (Å²) in [6.07, 6.45) is 0. The predicted octanol–water partition coefficient (Wildman–Crippen LogP) is 3.93. The van der Waals surface area contributed by atoms with E-state index in [1.54, 1.807) is 12.1 Å². The number of carboxylic acid groups (broad SMARTS) is 1. The smallest absolute Gasteiger partial charge is 0.341 e. The lowest BCUT2D eigenvalue weighted by atomic mass is 10.0. The van der Waals surface area contributed by atoms with Crippen molar-refractivity contribution in [2.24, 2.45) is 0 Å². The fourth-order valence-corrected chi connectivity index (χ4v) is 2.72. The first-order valence-corrected chi connectivity index (χ1v) is 7.22. The van der Waals surface area contributed by atoms with Crippen molar-refractivity contribution < 1.29 is 18.7 Å². The van der Waals surface area contributed by atoms with Gasteiger partial charge in [-0.15, -0.1) is 0 Å². The minimum atomic E-state index is -1.52. The molecular formula is C16H8BrF2NO3. The third-order valence-electron chi connectivity index (χ3n) is 3.37. The molecule has 116 valence electrons. The van der Waals surface area contributed by atoms with Gasteiger partial charge >= 0.3 is 5.97 Å². The molecule has 0 bridgehead atoms. The van der Waals surface area contributed by atoms with Gasteiger partial charge in [0.15, 0.2) is 0 Å². The standard InChI is InChI=1S/C16H8BrF2NO3/c17-7-1-3-9-12(5-7)20-14(13(15(9)21)16(22)23)10-6-8(18)2-4-11(10)19/h1-6H,(H,20,21)(H,22,23). The summed E-state index contributed by atoms with van der Waals surface area (Å²) >= 11 is 3.24. The van der Waals surface area contributed by atoms with Crippen molar-refractivity contribution in [3.8, 4) is 11.3 Å². The number of aromatic carboxylic acids is 1. The second-order valence-corrected chi connectivity index (χ2v) is 5.74. The first-order chi connectivity index (χ1) is 10.9. The van der Waals surface area contributed by atoms with Gasteiger partial charge in [0.05, 0.1) is 11.2 Å². The van der Waals surface area contributed by atoms with Gasteiger partial charge in [0.25, 0.3) is 0 Å². The van der Waals surface area contributed by atoms with Crippen LogP contribution in [0.4, 0.5) is 8.78 Å². The zero-order valence-electron chi connectivity index (χ0n) is 11.4. The number of H-pyrrole nitrogens is 1. The number of halogens is 3. The molecular weight excluding hydrogens is 372 g/mol. The quantitative estimate of drug-likeness (QED) is 0.708. The van der Waals surface area contributed by atoms with Crippen LogP contribution in [0.25, 0.3) is 22.2 Å². The number of benzene rings is 2. The maximum atomic E-state index is 14.0. The van der Waals surface area contributed by atoms with Gasteiger partial charge in [-0.25, -0.2) is 13.6 Å². The Morgan fingerprint density at radius 1 is 1.13 bits per heavy atom. The third-order valence-corrected chi connectivity index (χ3v) is 3.87. The second kappa shape index (κ2) is 5.58. The number of hydrogen-bond donors (Lipinski definition) is 2. The van der Waals surface area contributed by atoms with Crippen LogP contribution in [0.2, 0.25) is 0 Å². The molecule has 0 atom stereocenters. The number of carboxylic acids is 1. The van der Waals surface area contributed by atoms with Crippen LogP contribution in [0.5, 0.6) is 0 Å². The maximum absolute atomic E-state index is 14.0. The fraction of sp³-hybridized carbons (Fsp3) is 0. The van der Waals surface area contributed by atoms with E-state index >= 15 is 0 Å². The van der Waals surface area contributed by atoms with E-state index in [9.17, 15) is 23.5 Å². The Morgan fingerprint density at radius 2 is 1.87 bits per heavy atom. The molecule has 1 aromatic heterocycles. The number of nitrogens with one attached hydrogen (secondary N) is 1. The van der Waals surface area contributed by atoms with E-state index in [1.807, 2.05) is 0 Å². The average molecular weight is 380 g/mol. The summed E-state index contributed by atoms with van der Waals surface area (Å²) in [4.78, 5) is 26.6. The van der Waals surface area contributed by atoms with Gasteiger partial charge in [-0.1, -0.05) is 15.9 Å². The van der Waals surface area contributed by atoms with E-state index in [4.69, 9.17) is 0 Å². The van der Waals surface area contributed by atoms with Gasteiger partial charge in [-0.2, -0.15) is 0 Å².